The van der Waals surface area contributed by atoms with Gasteiger partial charge >= 0.3 is 5.69 Å². The zero-order valence-electron chi connectivity index (χ0n) is 11.3. The molecule has 1 aromatic carbocycles. The van der Waals surface area contributed by atoms with E-state index < -0.39 is 16.4 Å². The molecule has 0 unspecified atom stereocenters. The number of halogens is 1. The number of hydrogen-bond donors (Lipinski definition) is 1. The summed E-state index contributed by atoms with van der Waals surface area (Å²) in [5.74, 6) is -0.813. The number of rotatable bonds is 5. The fourth-order valence-corrected chi connectivity index (χ4v) is 1.97. The first-order chi connectivity index (χ1) is 9.47. The number of nitrogens with zero attached hydrogens (tertiary/aromatic N) is 3. The van der Waals surface area contributed by atoms with E-state index in [9.17, 15) is 14.5 Å². The van der Waals surface area contributed by atoms with E-state index >= 15 is 0 Å². The van der Waals surface area contributed by atoms with Crippen LogP contribution in [0.3, 0.4) is 0 Å². The molecule has 0 aliphatic heterocycles. The Kier molecular flexibility index (Phi) is 4.09. The molecular formula is C13H15FN4O2. The van der Waals surface area contributed by atoms with Crippen molar-refractivity contribution >= 4 is 5.69 Å². The zero-order valence-corrected chi connectivity index (χ0v) is 11.3. The Morgan fingerprint density at radius 2 is 2.20 bits per heavy atom. The minimum Gasteiger partial charge on any atom is -0.308 e. The highest BCUT2D eigenvalue weighted by molar-refractivity contribution is 5.35. The maximum atomic E-state index is 13.4. The molecule has 0 saturated heterocycles. The Morgan fingerprint density at radius 3 is 2.75 bits per heavy atom. The van der Waals surface area contributed by atoms with Crippen molar-refractivity contribution in [2.75, 3.05) is 0 Å². The second-order valence-electron chi connectivity index (χ2n) is 4.56. The van der Waals surface area contributed by atoms with E-state index in [1.165, 1.54) is 12.1 Å². The number of nitro groups is 1. The molecule has 2 aromatic rings. The van der Waals surface area contributed by atoms with Crippen LogP contribution in [0.15, 0.2) is 24.4 Å². The van der Waals surface area contributed by atoms with Crippen molar-refractivity contribution in [2.45, 2.75) is 20.0 Å². The van der Waals surface area contributed by atoms with Crippen molar-refractivity contribution in [1.82, 2.24) is 15.1 Å². The predicted octanol–water partition coefficient (Wildman–Crippen LogP) is 2.07. The monoisotopic (exact) mass is 278 g/mol. The lowest BCUT2D eigenvalue weighted by atomic mass is 10.2. The van der Waals surface area contributed by atoms with Crippen LogP contribution in [-0.4, -0.2) is 14.7 Å². The molecule has 0 fully saturated rings. The second kappa shape index (κ2) is 5.79. The molecule has 0 radical (unpaired) electrons. The van der Waals surface area contributed by atoms with Gasteiger partial charge in [-0.25, -0.2) is 0 Å². The number of benzene rings is 1. The smallest absolute Gasteiger partial charge is 0.304 e. The predicted molar refractivity (Wildman–Crippen MR) is 71.5 cm³/mol. The zero-order chi connectivity index (χ0) is 14.7. The van der Waals surface area contributed by atoms with Crippen LogP contribution >= 0.6 is 0 Å². The molecule has 6 nitrogen and oxygen atoms in total. The molecule has 1 heterocycles. The molecule has 20 heavy (non-hydrogen) atoms. The van der Waals surface area contributed by atoms with Crippen molar-refractivity contribution in [3.8, 4) is 0 Å². The first-order valence-electron chi connectivity index (χ1n) is 6.10. The van der Waals surface area contributed by atoms with Gasteiger partial charge in [0.25, 0.3) is 0 Å². The fraction of sp³-hybridized carbons (Fsp3) is 0.308. The molecule has 0 atom stereocenters. The van der Waals surface area contributed by atoms with E-state index in [1.807, 2.05) is 20.2 Å². The third kappa shape index (κ3) is 3.18. The Balaban J connectivity index is 1.96. The summed E-state index contributed by atoms with van der Waals surface area (Å²) in [6, 6.07) is 3.91. The third-order valence-corrected chi connectivity index (χ3v) is 2.97. The van der Waals surface area contributed by atoms with Gasteiger partial charge in [-0.3, -0.25) is 14.8 Å². The molecule has 0 aliphatic rings. The summed E-state index contributed by atoms with van der Waals surface area (Å²) < 4.78 is 15.2. The summed E-state index contributed by atoms with van der Waals surface area (Å²) in [6.07, 6.45) is 1.92. The van der Waals surface area contributed by atoms with Gasteiger partial charge in [0, 0.05) is 38.0 Å². The highest BCUT2D eigenvalue weighted by Gasteiger charge is 2.13. The van der Waals surface area contributed by atoms with E-state index in [0.717, 1.165) is 11.3 Å². The Morgan fingerprint density at radius 1 is 1.45 bits per heavy atom. The number of nitro benzene ring substituents is 1. The van der Waals surface area contributed by atoms with E-state index in [1.54, 1.807) is 10.7 Å². The van der Waals surface area contributed by atoms with Gasteiger partial charge in [0.15, 0.2) is 0 Å². The second-order valence-corrected chi connectivity index (χ2v) is 4.56. The molecule has 1 N–H and O–H groups in total. The standard InChI is InChI=1S/C13H15FN4O2/c1-9-11(8-17(2)16-9)7-15-6-10-3-4-13(18(19)20)12(14)5-10/h3-5,8,15H,6-7H2,1-2H3. The van der Waals surface area contributed by atoms with Crippen LogP contribution in [0, 0.1) is 22.9 Å². The van der Waals surface area contributed by atoms with E-state index in [2.05, 4.69) is 10.4 Å². The normalized spacial score (nSPS) is 10.8. The van der Waals surface area contributed by atoms with Crippen molar-refractivity contribution in [3.05, 3.63) is 57.1 Å². The van der Waals surface area contributed by atoms with Gasteiger partial charge in [-0.05, 0) is 18.6 Å². The minimum atomic E-state index is -0.813. The largest absolute Gasteiger partial charge is 0.308 e. The van der Waals surface area contributed by atoms with Crippen LogP contribution < -0.4 is 5.32 Å². The lowest BCUT2D eigenvalue weighted by molar-refractivity contribution is -0.387. The number of aryl methyl sites for hydroxylation is 2. The Hall–Kier alpha value is -2.28. The maximum Gasteiger partial charge on any atom is 0.304 e. The molecule has 0 amide bonds. The van der Waals surface area contributed by atoms with Crippen LogP contribution in [0.2, 0.25) is 0 Å². The van der Waals surface area contributed by atoms with E-state index in [-0.39, 0.29) is 0 Å². The van der Waals surface area contributed by atoms with Crippen LogP contribution in [0.1, 0.15) is 16.8 Å². The molecule has 2 rings (SSSR count). The van der Waals surface area contributed by atoms with Crippen molar-refractivity contribution in [3.63, 3.8) is 0 Å². The quantitative estimate of drug-likeness (QED) is 0.671. The molecule has 0 bridgehead atoms. The van der Waals surface area contributed by atoms with Gasteiger partial charge in [0.1, 0.15) is 0 Å². The van der Waals surface area contributed by atoms with Crippen LogP contribution in [0.5, 0.6) is 0 Å². The summed E-state index contributed by atoms with van der Waals surface area (Å²) in [7, 11) is 1.85. The van der Waals surface area contributed by atoms with Crippen molar-refractivity contribution < 1.29 is 9.31 Å². The highest BCUT2D eigenvalue weighted by Crippen LogP contribution is 2.18. The average Bonchev–Trinajstić information content (AvgIpc) is 2.67. The summed E-state index contributed by atoms with van der Waals surface area (Å²) in [4.78, 5) is 9.78. The van der Waals surface area contributed by atoms with Crippen molar-refractivity contribution in [2.24, 2.45) is 7.05 Å². The number of nitrogens with one attached hydrogen (secondary N) is 1. The SMILES string of the molecule is Cc1nn(C)cc1CNCc1ccc([N+](=O)[O-])c(F)c1. The van der Waals surface area contributed by atoms with Gasteiger partial charge in [-0.15, -0.1) is 0 Å². The number of aromatic nitrogens is 2. The van der Waals surface area contributed by atoms with Crippen LogP contribution in [0.4, 0.5) is 10.1 Å². The summed E-state index contributed by atoms with van der Waals surface area (Å²) >= 11 is 0. The average molecular weight is 278 g/mol. The van der Waals surface area contributed by atoms with E-state index in [4.69, 9.17) is 0 Å². The van der Waals surface area contributed by atoms with Crippen LogP contribution in [0.25, 0.3) is 0 Å². The first kappa shape index (κ1) is 14.1. The third-order valence-electron chi connectivity index (χ3n) is 2.97. The molecule has 0 spiro atoms. The molecular weight excluding hydrogens is 263 g/mol. The molecule has 0 aliphatic carbocycles. The highest BCUT2D eigenvalue weighted by atomic mass is 19.1. The van der Waals surface area contributed by atoms with Gasteiger partial charge in [-0.2, -0.15) is 9.49 Å². The van der Waals surface area contributed by atoms with Gasteiger partial charge in [0.05, 0.1) is 10.6 Å². The fourth-order valence-electron chi connectivity index (χ4n) is 1.97. The van der Waals surface area contributed by atoms with Crippen LogP contribution in [-0.2, 0) is 20.1 Å². The van der Waals surface area contributed by atoms with Gasteiger partial charge in [-0.1, -0.05) is 6.07 Å². The Labute approximate surface area is 115 Å². The molecule has 1 aromatic heterocycles. The van der Waals surface area contributed by atoms with Gasteiger partial charge < -0.3 is 5.32 Å². The maximum absolute atomic E-state index is 13.4. The topological polar surface area (TPSA) is 73.0 Å². The molecule has 0 saturated carbocycles. The Bertz CT molecular complexity index is 639. The molecule has 106 valence electrons. The number of hydrogen-bond acceptors (Lipinski definition) is 4. The summed E-state index contributed by atoms with van der Waals surface area (Å²) in [6.45, 7) is 2.96. The minimum absolute atomic E-state index is 0.434. The van der Waals surface area contributed by atoms with Gasteiger partial charge in [0.2, 0.25) is 5.82 Å². The summed E-state index contributed by atoms with van der Waals surface area (Å²) in [5.41, 5.74) is 2.16. The first-order valence-corrected chi connectivity index (χ1v) is 6.10. The molecule has 7 heteroatoms. The lowest BCUT2D eigenvalue weighted by Crippen LogP contribution is -2.13. The lowest BCUT2D eigenvalue weighted by Gasteiger charge is -2.04. The summed E-state index contributed by atoms with van der Waals surface area (Å²) in [5, 5.41) is 17.9. The van der Waals surface area contributed by atoms with Crippen molar-refractivity contribution in [1.29, 1.82) is 0 Å². The van der Waals surface area contributed by atoms with E-state index in [0.29, 0.717) is 18.7 Å².